The van der Waals surface area contributed by atoms with Crippen molar-refractivity contribution in [2.24, 2.45) is 0 Å². The molecule has 0 heterocycles. The lowest BCUT2D eigenvalue weighted by Crippen LogP contribution is -2.16. The molecule has 0 spiro atoms. The van der Waals surface area contributed by atoms with Crippen LogP contribution in [-0.2, 0) is 14.6 Å². The molecule has 1 unspecified atom stereocenters. The van der Waals surface area contributed by atoms with Crippen LogP contribution in [0.2, 0.25) is 5.02 Å². The Morgan fingerprint density at radius 1 is 1.47 bits per heavy atom. The fourth-order valence-corrected chi connectivity index (χ4v) is 2.85. The molecule has 0 aliphatic rings. The summed E-state index contributed by atoms with van der Waals surface area (Å²) in [6.07, 6.45) is -0.614. The van der Waals surface area contributed by atoms with Crippen LogP contribution in [0.15, 0.2) is 29.2 Å². The molecule has 1 aromatic carbocycles. The molecular formula is C11H12ClNO3S. The predicted molar refractivity (Wildman–Crippen MR) is 64.5 cm³/mol. The van der Waals surface area contributed by atoms with Crippen molar-refractivity contribution < 1.29 is 13.2 Å². The first-order valence-electron chi connectivity index (χ1n) is 4.96. The SMILES string of the molecule is CC(C#N)OCCS(=O)(=O)c1ccccc1Cl. The molecule has 0 N–H and O–H groups in total. The Morgan fingerprint density at radius 2 is 2.12 bits per heavy atom. The van der Waals surface area contributed by atoms with E-state index in [1.165, 1.54) is 12.1 Å². The summed E-state index contributed by atoms with van der Waals surface area (Å²) in [4.78, 5) is 0.0925. The predicted octanol–water partition coefficient (Wildman–Crippen LogP) is 2.04. The van der Waals surface area contributed by atoms with Gasteiger partial charge in [-0.15, -0.1) is 0 Å². The number of ether oxygens (including phenoxy) is 1. The minimum absolute atomic E-state index is 0.0255. The number of nitriles is 1. The van der Waals surface area contributed by atoms with Crippen LogP contribution in [0.3, 0.4) is 0 Å². The Morgan fingerprint density at radius 3 is 2.71 bits per heavy atom. The molecule has 0 radical (unpaired) electrons. The van der Waals surface area contributed by atoms with Gasteiger partial charge in [-0.2, -0.15) is 5.26 Å². The van der Waals surface area contributed by atoms with Gasteiger partial charge in [-0.1, -0.05) is 23.7 Å². The van der Waals surface area contributed by atoms with Crippen LogP contribution in [0.5, 0.6) is 0 Å². The highest BCUT2D eigenvalue weighted by Gasteiger charge is 2.17. The highest BCUT2D eigenvalue weighted by atomic mass is 35.5. The van der Waals surface area contributed by atoms with Crippen molar-refractivity contribution in [3.63, 3.8) is 0 Å². The molecule has 0 aromatic heterocycles. The Bertz CT molecular complexity index is 522. The number of hydrogen-bond acceptors (Lipinski definition) is 4. The smallest absolute Gasteiger partial charge is 0.182 e. The van der Waals surface area contributed by atoms with Gasteiger partial charge < -0.3 is 4.74 Å². The van der Waals surface area contributed by atoms with Gasteiger partial charge in [0.15, 0.2) is 9.84 Å². The molecule has 0 fully saturated rings. The molecule has 1 rings (SSSR count). The highest BCUT2D eigenvalue weighted by molar-refractivity contribution is 7.91. The maximum atomic E-state index is 11.9. The molecule has 17 heavy (non-hydrogen) atoms. The maximum absolute atomic E-state index is 11.9. The minimum Gasteiger partial charge on any atom is -0.363 e. The fourth-order valence-electron chi connectivity index (χ4n) is 1.18. The quantitative estimate of drug-likeness (QED) is 0.823. The summed E-state index contributed by atoms with van der Waals surface area (Å²) < 4.78 is 28.8. The van der Waals surface area contributed by atoms with Gasteiger partial charge in [-0.25, -0.2) is 8.42 Å². The van der Waals surface area contributed by atoms with E-state index in [9.17, 15) is 8.42 Å². The van der Waals surface area contributed by atoms with Crippen LogP contribution >= 0.6 is 11.6 Å². The summed E-state index contributed by atoms with van der Waals surface area (Å²) in [5, 5.41) is 8.68. The average Bonchev–Trinajstić information content (AvgIpc) is 2.28. The third-order valence-corrected chi connectivity index (χ3v) is 4.25. The second kappa shape index (κ2) is 6.01. The first-order valence-corrected chi connectivity index (χ1v) is 6.99. The Hall–Kier alpha value is -1.09. The summed E-state index contributed by atoms with van der Waals surface area (Å²) in [6, 6.07) is 8.10. The van der Waals surface area contributed by atoms with Crippen LogP contribution in [0.25, 0.3) is 0 Å². The number of sulfone groups is 1. The summed E-state index contributed by atoms with van der Waals surface area (Å²) in [5.41, 5.74) is 0. The van der Waals surface area contributed by atoms with Crippen molar-refractivity contribution in [2.75, 3.05) is 12.4 Å². The molecular weight excluding hydrogens is 262 g/mol. The number of halogens is 1. The van der Waals surface area contributed by atoms with E-state index in [1.807, 2.05) is 6.07 Å². The summed E-state index contributed by atoms with van der Waals surface area (Å²) >= 11 is 5.81. The summed E-state index contributed by atoms with van der Waals surface area (Å²) in [7, 11) is -3.46. The minimum atomic E-state index is -3.46. The zero-order valence-electron chi connectivity index (χ0n) is 9.26. The highest BCUT2D eigenvalue weighted by Crippen LogP contribution is 2.21. The fraction of sp³-hybridized carbons (Fsp3) is 0.364. The third kappa shape index (κ3) is 4.00. The first-order chi connectivity index (χ1) is 7.97. The van der Waals surface area contributed by atoms with E-state index >= 15 is 0 Å². The van der Waals surface area contributed by atoms with Crippen LogP contribution in [0, 0.1) is 11.3 Å². The van der Waals surface area contributed by atoms with Gasteiger partial charge in [-0.3, -0.25) is 0 Å². The molecule has 0 aliphatic heterocycles. The van der Waals surface area contributed by atoms with E-state index in [4.69, 9.17) is 21.6 Å². The average molecular weight is 274 g/mol. The van der Waals surface area contributed by atoms with Gasteiger partial charge in [0.2, 0.25) is 0 Å². The second-order valence-electron chi connectivity index (χ2n) is 3.39. The van der Waals surface area contributed by atoms with Gasteiger partial charge in [0, 0.05) is 0 Å². The molecule has 0 saturated carbocycles. The molecule has 0 saturated heterocycles. The zero-order chi connectivity index (χ0) is 12.9. The van der Waals surface area contributed by atoms with Gasteiger partial charge in [0.05, 0.1) is 28.3 Å². The van der Waals surface area contributed by atoms with Gasteiger partial charge in [0.1, 0.15) is 6.10 Å². The van der Waals surface area contributed by atoms with E-state index in [1.54, 1.807) is 19.1 Å². The summed E-state index contributed by atoms with van der Waals surface area (Å²) in [6.45, 7) is 1.53. The molecule has 0 amide bonds. The van der Waals surface area contributed by atoms with E-state index in [0.29, 0.717) is 0 Å². The van der Waals surface area contributed by atoms with Crippen LogP contribution in [0.1, 0.15) is 6.92 Å². The van der Waals surface area contributed by atoms with E-state index in [-0.39, 0.29) is 22.3 Å². The van der Waals surface area contributed by atoms with Gasteiger partial charge in [-0.05, 0) is 19.1 Å². The number of hydrogen-bond donors (Lipinski definition) is 0. The molecule has 0 aliphatic carbocycles. The Kier molecular flexibility index (Phi) is 4.94. The Balaban J connectivity index is 2.71. The van der Waals surface area contributed by atoms with Gasteiger partial charge >= 0.3 is 0 Å². The maximum Gasteiger partial charge on any atom is 0.182 e. The zero-order valence-corrected chi connectivity index (χ0v) is 10.8. The molecule has 0 bridgehead atoms. The van der Waals surface area contributed by atoms with E-state index in [2.05, 4.69) is 0 Å². The normalized spacial score (nSPS) is 13.0. The van der Waals surface area contributed by atoms with Crippen LogP contribution in [0.4, 0.5) is 0 Å². The lowest BCUT2D eigenvalue weighted by molar-refractivity contribution is 0.116. The van der Waals surface area contributed by atoms with Crippen LogP contribution in [-0.4, -0.2) is 26.9 Å². The molecule has 1 atom stereocenters. The first kappa shape index (κ1) is 14.0. The largest absolute Gasteiger partial charge is 0.363 e. The van der Waals surface area contributed by atoms with Crippen molar-refractivity contribution in [2.45, 2.75) is 17.9 Å². The van der Waals surface area contributed by atoms with Crippen molar-refractivity contribution in [1.29, 1.82) is 5.26 Å². The van der Waals surface area contributed by atoms with E-state index < -0.39 is 15.9 Å². The lowest BCUT2D eigenvalue weighted by Gasteiger charge is -2.07. The van der Waals surface area contributed by atoms with Crippen molar-refractivity contribution in [1.82, 2.24) is 0 Å². The monoisotopic (exact) mass is 273 g/mol. The van der Waals surface area contributed by atoms with Crippen LogP contribution < -0.4 is 0 Å². The molecule has 1 aromatic rings. The standard InChI is InChI=1S/C11H12ClNO3S/c1-9(8-13)16-6-7-17(14,15)11-5-3-2-4-10(11)12/h2-5,9H,6-7H2,1H3. The third-order valence-electron chi connectivity index (χ3n) is 2.07. The lowest BCUT2D eigenvalue weighted by atomic mass is 10.4. The van der Waals surface area contributed by atoms with Crippen molar-refractivity contribution in [3.05, 3.63) is 29.3 Å². The number of rotatable bonds is 5. The number of benzene rings is 1. The van der Waals surface area contributed by atoms with Crippen molar-refractivity contribution in [3.8, 4) is 6.07 Å². The summed E-state index contributed by atoms with van der Waals surface area (Å²) in [5.74, 6) is -0.192. The molecule has 4 nitrogen and oxygen atoms in total. The second-order valence-corrected chi connectivity index (χ2v) is 5.88. The molecule has 6 heteroatoms. The topological polar surface area (TPSA) is 67.2 Å². The van der Waals surface area contributed by atoms with Crippen molar-refractivity contribution >= 4 is 21.4 Å². The molecule has 92 valence electrons. The van der Waals surface area contributed by atoms with Gasteiger partial charge in [0.25, 0.3) is 0 Å². The van der Waals surface area contributed by atoms with E-state index in [0.717, 1.165) is 0 Å². The number of nitrogens with zero attached hydrogens (tertiary/aromatic N) is 1. The Labute approximate surface area is 106 Å².